The van der Waals surface area contributed by atoms with Crippen molar-refractivity contribution in [1.82, 2.24) is 30.3 Å². The van der Waals surface area contributed by atoms with Crippen molar-refractivity contribution in [2.45, 2.75) is 26.3 Å². The number of tetrazole rings is 1. The standard InChI is InChI=1S/C10H15N7O/c1-7(2)13-10(18)3-4-12-8-5-11-6-9-14-15-16-17(8)9/h5-7,12H,3-4H2,1-2H3,(H,13,18). The second kappa shape index (κ2) is 5.39. The molecule has 0 aromatic carbocycles. The highest BCUT2D eigenvalue weighted by atomic mass is 16.1. The van der Waals surface area contributed by atoms with Gasteiger partial charge in [0.2, 0.25) is 5.91 Å². The van der Waals surface area contributed by atoms with Crippen LogP contribution in [-0.2, 0) is 4.79 Å². The SMILES string of the molecule is CC(C)NC(=O)CCNc1cncc2nnnn12. The first-order valence-corrected chi connectivity index (χ1v) is 5.72. The predicted octanol–water partition coefficient (Wildman–Crippen LogP) is -0.154. The van der Waals surface area contributed by atoms with E-state index in [1.54, 1.807) is 12.4 Å². The van der Waals surface area contributed by atoms with Gasteiger partial charge in [0.15, 0.2) is 5.65 Å². The van der Waals surface area contributed by atoms with Crippen molar-refractivity contribution in [3.05, 3.63) is 12.4 Å². The van der Waals surface area contributed by atoms with Crippen LogP contribution < -0.4 is 10.6 Å². The van der Waals surface area contributed by atoms with Crippen LogP contribution in [0, 0.1) is 0 Å². The molecule has 2 heterocycles. The van der Waals surface area contributed by atoms with E-state index in [1.807, 2.05) is 13.8 Å². The fraction of sp³-hybridized carbons (Fsp3) is 0.500. The molecule has 96 valence electrons. The number of carbonyl (C=O) groups is 1. The smallest absolute Gasteiger partial charge is 0.221 e. The van der Waals surface area contributed by atoms with Gasteiger partial charge in [-0.2, -0.15) is 4.52 Å². The number of aromatic nitrogens is 5. The number of amides is 1. The van der Waals surface area contributed by atoms with Gasteiger partial charge in [0.25, 0.3) is 0 Å². The summed E-state index contributed by atoms with van der Waals surface area (Å²) < 4.78 is 1.54. The molecular formula is C10H15N7O. The van der Waals surface area contributed by atoms with E-state index in [1.165, 1.54) is 4.52 Å². The molecule has 0 unspecified atom stereocenters. The molecule has 0 radical (unpaired) electrons. The Balaban J connectivity index is 1.90. The Morgan fingerprint density at radius 1 is 1.44 bits per heavy atom. The van der Waals surface area contributed by atoms with Crippen LogP contribution >= 0.6 is 0 Å². The Hall–Kier alpha value is -2.25. The lowest BCUT2D eigenvalue weighted by molar-refractivity contribution is -0.121. The predicted molar refractivity (Wildman–Crippen MR) is 65.0 cm³/mol. The number of fused-ring (bicyclic) bond motifs is 1. The maximum Gasteiger partial charge on any atom is 0.221 e. The van der Waals surface area contributed by atoms with Crippen LogP contribution in [0.1, 0.15) is 20.3 Å². The Bertz CT molecular complexity index is 536. The monoisotopic (exact) mass is 249 g/mol. The third kappa shape index (κ3) is 2.90. The molecule has 2 aromatic rings. The van der Waals surface area contributed by atoms with Gasteiger partial charge in [-0.05, 0) is 24.3 Å². The first kappa shape index (κ1) is 12.2. The zero-order valence-corrected chi connectivity index (χ0v) is 10.3. The van der Waals surface area contributed by atoms with E-state index >= 15 is 0 Å². The fourth-order valence-electron chi connectivity index (χ4n) is 1.49. The first-order valence-electron chi connectivity index (χ1n) is 5.72. The van der Waals surface area contributed by atoms with E-state index in [0.29, 0.717) is 24.4 Å². The number of nitrogens with one attached hydrogen (secondary N) is 2. The van der Waals surface area contributed by atoms with Gasteiger partial charge in [0.05, 0.1) is 12.4 Å². The van der Waals surface area contributed by atoms with Crippen molar-refractivity contribution in [3.63, 3.8) is 0 Å². The van der Waals surface area contributed by atoms with E-state index in [0.717, 1.165) is 0 Å². The van der Waals surface area contributed by atoms with E-state index < -0.39 is 0 Å². The third-order valence-electron chi connectivity index (χ3n) is 2.22. The van der Waals surface area contributed by atoms with E-state index in [4.69, 9.17) is 0 Å². The van der Waals surface area contributed by atoms with Crippen molar-refractivity contribution < 1.29 is 4.79 Å². The zero-order chi connectivity index (χ0) is 13.0. The molecule has 2 N–H and O–H groups in total. The lowest BCUT2D eigenvalue weighted by Crippen LogP contribution is -2.31. The van der Waals surface area contributed by atoms with Crippen molar-refractivity contribution in [2.24, 2.45) is 0 Å². The van der Waals surface area contributed by atoms with Crippen molar-refractivity contribution in [3.8, 4) is 0 Å². The average molecular weight is 249 g/mol. The van der Waals surface area contributed by atoms with Gasteiger partial charge in [0.1, 0.15) is 5.82 Å². The van der Waals surface area contributed by atoms with E-state index in [2.05, 4.69) is 31.1 Å². The van der Waals surface area contributed by atoms with Crippen LogP contribution in [0.4, 0.5) is 5.82 Å². The number of hydrogen-bond donors (Lipinski definition) is 2. The Kier molecular flexibility index (Phi) is 3.66. The number of anilines is 1. The number of hydrogen-bond acceptors (Lipinski definition) is 6. The lowest BCUT2D eigenvalue weighted by atomic mass is 10.3. The quantitative estimate of drug-likeness (QED) is 0.764. The van der Waals surface area contributed by atoms with Crippen LogP contribution in [0.2, 0.25) is 0 Å². The van der Waals surface area contributed by atoms with Gasteiger partial charge in [-0.1, -0.05) is 0 Å². The minimum atomic E-state index is 0.00866. The zero-order valence-electron chi connectivity index (χ0n) is 10.3. The van der Waals surface area contributed by atoms with Gasteiger partial charge in [-0.25, -0.2) is 0 Å². The molecule has 0 aliphatic carbocycles. The minimum Gasteiger partial charge on any atom is -0.368 e. The van der Waals surface area contributed by atoms with Gasteiger partial charge in [-0.3, -0.25) is 9.78 Å². The Morgan fingerprint density at radius 2 is 2.28 bits per heavy atom. The molecule has 2 aromatic heterocycles. The minimum absolute atomic E-state index is 0.00866. The van der Waals surface area contributed by atoms with Gasteiger partial charge < -0.3 is 10.6 Å². The highest BCUT2D eigenvalue weighted by Gasteiger charge is 2.05. The highest BCUT2D eigenvalue weighted by Crippen LogP contribution is 2.05. The molecule has 0 atom stereocenters. The maximum atomic E-state index is 11.4. The van der Waals surface area contributed by atoms with Crippen LogP contribution in [0.3, 0.4) is 0 Å². The Morgan fingerprint density at radius 3 is 3.06 bits per heavy atom. The summed E-state index contributed by atoms with van der Waals surface area (Å²) in [5, 5.41) is 17.0. The van der Waals surface area contributed by atoms with Crippen molar-refractivity contribution in [2.75, 3.05) is 11.9 Å². The van der Waals surface area contributed by atoms with Crippen LogP contribution in [0.15, 0.2) is 12.4 Å². The van der Waals surface area contributed by atoms with Gasteiger partial charge in [0, 0.05) is 19.0 Å². The molecule has 18 heavy (non-hydrogen) atoms. The third-order valence-corrected chi connectivity index (χ3v) is 2.22. The molecular weight excluding hydrogens is 234 g/mol. The molecule has 0 bridgehead atoms. The second-order valence-electron chi connectivity index (χ2n) is 4.14. The van der Waals surface area contributed by atoms with Crippen LogP contribution in [0.5, 0.6) is 0 Å². The molecule has 0 fully saturated rings. The van der Waals surface area contributed by atoms with E-state index in [9.17, 15) is 4.79 Å². The molecule has 0 saturated carbocycles. The Labute approximate surface area is 104 Å². The number of carbonyl (C=O) groups excluding carboxylic acids is 1. The first-order chi connectivity index (χ1) is 8.66. The number of nitrogens with zero attached hydrogens (tertiary/aromatic N) is 5. The lowest BCUT2D eigenvalue weighted by Gasteiger charge is -2.09. The summed E-state index contributed by atoms with van der Waals surface area (Å²) in [6.07, 6.45) is 3.57. The summed E-state index contributed by atoms with van der Waals surface area (Å²) in [5.74, 6) is 0.671. The molecule has 0 aliphatic rings. The van der Waals surface area contributed by atoms with E-state index in [-0.39, 0.29) is 11.9 Å². The van der Waals surface area contributed by atoms with Crippen LogP contribution in [0.25, 0.3) is 5.65 Å². The summed E-state index contributed by atoms with van der Waals surface area (Å²) >= 11 is 0. The maximum absolute atomic E-state index is 11.4. The topological polar surface area (TPSA) is 97.1 Å². The van der Waals surface area contributed by atoms with Crippen molar-refractivity contribution >= 4 is 17.4 Å². The summed E-state index contributed by atoms with van der Waals surface area (Å²) in [7, 11) is 0. The summed E-state index contributed by atoms with van der Waals surface area (Å²) in [6, 6.07) is 0.155. The van der Waals surface area contributed by atoms with Crippen LogP contribution in [-0.4, -0.2) is 43.5 Å². The normalized spacial score (nSPS) is 10.8. The molecule has 8 nitrogen and oxygen atoms in total. The van der Waals surface area contributed by atoms with Gasteiger partial charge >= 0.3 is 0 Å². The highest BCUT2D eigenvalue weighted by molar-refractivity contribution is 5.76. The van der Waals surface area contributed by atoms with Crippen molar-refractivity contribution in [1.29, 1.82) is 0 Å². The largest absolute Gasteiger partial charge is 0.368 e. The fourth-order valence-corrected chi connectivity index (χ4v) is 1.49. The summed E-state index contributed by atoms with van der Waals surface area (Å²) in [4.78, 5) is 15.4. The molecule has 2 rings (SSSR count). The molecule has 0 saturated heterocycles. The average Bonchev–Trinajstić information content (AvgIpc) is 2.76. The molecule has 0 spiro atoms. The summed E-state index contributed by atoms with van der Waals surface area (Å²) in [6.45, 7) is 4.35. The second-order valence-corrected chi connectivity index (χ2v) is 4.14. The summed E-state index contributed by atoms with van der Waals surface area (Å²) in [5.41, 5.74) is 0.562. The molecule has 0 aliphatic heterocycles. The van der Waals surface area contributed by atoms with Gasteiger partial charge in [-0.15, -0.1) is 5.10 Å². The molecule has 1 amide bonds. The number of rotatable bonds is 5. The molecule has 8 heteroatoms.